The summed E-state index contributed by atoms with van der Waals surface area (Å²) >= 11 is 0. The van der Waals surface area contributed by atoms with E-state index in [1.165, 1.54) is 12.8 Å². The maximum Gasteiger partial charge on any atom is 0.109 e. The quantitative estimate of drug-likeness (QED) is 0.769. The number of fused-ring (bicyclic) bond motifs is 1. The second kappa shape index (κ2) is 4.40. The molecule has 1 N–H and O–H groups in total. The van der Waals surface area contributed by atoms with E-state index in [2.05, 4.69) is 6.92 Å². The van der Waals surface area contributed by atoms with E-state index < -0.39 is 5.60 Å². The highest BCUT2D eigenvalue weighted by Gasteiger charge is 2.35. The van der Waals surface area contributed by atoms with Gasteiger partial charge < -0.3 is 9.52 Å². The predicted octanol–water partition coefficient (Wildman–Crippen LogP) is 3.38. The molecule has 2 nitrogen and oxygen atoms in total. The van der Waals surface area contributed by atoms with Gasteiger partial charge in [0.15, 0.2) is 0 Å². The van der Waals surface area contributed by atoms with Crippen molar-refractivity contribution < 1.29 is 9.52 Å². The largest absolute Gasteiger partial charge is 0.469 e. The average Bonchev–Trinajstić information content (AvgIpc) is 2.68. The molecule has 0 radical (unpaired) electrons. The van der Waals surface area contributed by atoms with Gasteiger partial charge in [0.2, 0.25) is 0 Å². The molecule has 1 atom stereocenters. The van der Waals surface area contributed by atoms with E-state index in [9.17, 15) is 5.11 Å². The first kappa shape index (κ1) is 10.7. The van der Waals surface area contributed by atoms with Crippen molar-refractivity contribution in [3.05, 3.63) is 23.7 Å². The lowest BCUT2D eigenvalue weighted by Crippen LogP contribution is -2.29. The zero-order valence-electron chi connectivity index (χ0n) is 9.46. The summed E-state index contributed by atoms with van der Waals surface area (Å²) in [5.41, 5.74) is 0.445. The maximum atomic E-state index is 10.6. The monoisotopic (exact) mass is 208 g/mol. The second-order valence-electron chi connectivity index (χ2n) is 4.60. The fourth-order valence-corrected chi connectivity index (χ4v) is 2.55. The van der Waals surface area contributed by atoms with Crippen LogP contribution in [0, 0.1) is 0 Å². The Hall–Kier alpha value is -0.760. The van der Waals surface area contributed by atoms with Crippen molar-refractivity contribution in [2.75, 3.05) is 0 Å². The Morgan fingerprint density at radius 1 is 1.47 bits per heavy atom. The number of hydrogen-bond acceptors (Lipinski definition) is 2. The van der Waals surface area contributed by atoms with Gasteiger partial charge in [0.05, 0.1) is 11.9 Å². The summed E-state index contributed by atoms with van der Waals surface area (Å²) in [6.45, 7) is 2.19. The molecule has 1 aromatic rings. The second-order valence-corrected chi connectivity index (χ2v) is 4.60. The number of hydrogen-bond donors (Lipinski definition) is 1. The van der Waals surface area contributed by atoms with Crippen LogP contribution in [0.15, 0.2) is 16.7 Å². The van der Waals surface area contributed by atoms with Crippen LogP contribution >= 0.6 is 0 Å². The number of unbranched alkanes of at least 4 members (excludes halogenated alkanes) is 2. The molecule has 0 aromatic carbocycles. The van der Waals surface area contributed by atoms with Crippen LogP contribution in [0.5, 0.6) is 0 Å². The third kappa shape index (κ3) is 2.10. The van der Waals surface area contributed by atoms with Crippen molar-refractivity contribution in [2.24, 2.45) is 0 Å². The van der Waals surface area contributed by atoms with Crippen LogP contribution in [0.4, 0.5) is 0 Å². The van der Waals surface area contributed by atoms with Crippen molar-refractivity contribution in [3.8, 4) is 0 Å². The summed E-state index contributed by atoms with van der Waals surface area (Å²) in [4.78, 5) is 0. The van der Waals surface area contributed by atoms with Gasteiger partial charge in [0, 0.05) is 12.0 Å². The molecule has 0 saturated heterocycles. The molecule has 84 valence electrons. The van der Waals surface area contributed by atoms with Gasteiger partial charge in [0.1, 0.15) is 5.76 Å². The molecule has 1 aliphatic rings. The Kier molecular flexibility index (Phi) is 3.15. The smallest absolute Gasteiger partial charge is 0.109 e. The molecule has 1 heterocycles. The number of rotatable bonds is 4. The molecule has 2 rings (SSSR count). The van der Waals surface area contributed by atoms with Gasteiger partial charge in [-0.05, 0) is 25.3 Å². The van der Waals surface area contributed by atoms with Gasteiger partial charge in [-0.1, -0.05) is 26.2 Å². The Bertz CT molecular complexity index is 316. The SMILES string of the molecule is CCCCCC1(O)CCCc2occc21. The van der Waals surface area contributed by atoms with Crippen LogP contribution in [0.25, 0.3) is 0 Å². The molecule has 15 heavy (non-hydrogen) atoms. The first-order valence-corrected chi connectivity index (χ1v) is 6.05. The standard InChI is InChI=1S/C13H20O2/c1-2-3-4-8-13(14)9-5-6-12-11(13)7-10-15-12/h7,10,14H,2-6,8-9H2,1H3. The molecule has 1 aliphatic carbocycles. The Balaban J connectivity index is 2.09. The third-order valence-electron chi connectivity index (χ3n) is 3.43. The predicted molar refractivity (Wildman–Crippen MR) is 59.7 cm³/mol. The molecule has 2 heteroatoms. The zero-order valence-corrected chi connectivity index (χ0v) is 9.46. The lowest BCUT2D eigenvalue weighted by atomic mass is 9.79. The van der Waals surface area contributed by atoms with E-state index in [1.807, 2.05) is 6.07 Å². The lowest BCUT2D eigenvalue weighted by molar-refractivity contribution is 0.00563. The minimum absolute atomic E-state index is 0.601. The van der Waals surface area contributed by atoms with Crippen LogP contribution in [0.1, 0.15) is 56.8 Å². The zero-order chi connectivity index (χ0) is 10.7. The first-order valence-electron chi connectivity index (χ1n) is 6.05. The normalized spacial score (nSPS) is 25.2. The Morgan fingerprint density at radius 3 is 3.13 bits per heavy atom. The number of aliphatic hydroxyl groups is 1. The summed E-state index contributed by atoms with van der Waals surface area (Å²) in [5, 5.41) is 10.6. The van der Waals surface area contributed by atoms with Crippen LogP contribution in [0.2, 0.25) is 0 Å². The molecule has 0 aliphatic heterocycles. The van der Waals surface area contributed by atoms with Gasteiger partial charge in [-0.2, -0.15) is 0 Å². The number of aryl methyl sites for hydroxylation is 1. The Labute approximate surface area is 91.3 Å². The molecular formula is C13H20O2. The fraction of sp³-hybridized carbons (Fsp3) is 0.692. The summed E-state index contributed by atoms with van der Waals surface area (Å²) in [5.74, 6) is 1.00. The minimum Gasteiger partial charge on any atom is -0.469 e. The van der Waals surface area contributed by atoms with Crippen LogP contribution < -0.4 is 0 Å². The molecule has 0 spiro atoms. The maximum absolute atomic E-state index is 10.6. The summed E-state index contributed by atoms with van der Waals surface area (Å²) in [6.07, 6.45) is 9.03. The molecule has 1 aromatic heterocycles. The van der Waals surface area contributed by atoms with Gasteiger partial charge >= 0.3 is 0 Å². The molecule has 0 amide bonds. The first-order chi connectivity index (χ1) is 7.26. The fourth-order valence-electron chi connectivity index (χ4n) is 2.55. The van der Waals surface area contributed by atoms with Crippen molar-refractivity contribution in [1.82, 2.24) is 0 Å². The van der Waals surface area contributed by atoms with E-state index in [0.29, 0.717) is 0 Å². The van der Waals surface area contributed by atoms with E-state index in [0.717, 1.165) is 43.4 Å². The minimum atomic E-state index is -0.601. The van der Waals surface area contributed by atoms with E-state index in [1.54, 1.807) is 6.26 Å². The van der Waals surface area contributed by atoms with Crippen LogP contribution in [-0.2, 0) is 12.0 Å². The van der Waals surface area contributed by atoms with Gasteiger partial charge in [-0.25, -0.2) is 0 Å². The summed E-state index contributed by atoms with van der Waals surface area (Å²) < 4.78 is 5.40. The summed E-state index contributed by atoms with van der Waals surface area (Å²) in [7, 11) is 0. The van der Waals surface area contributed by atoms with Crippen molar-refractivity contribution in [1.29, 1.82) is 0 Å². The molecule has 0 saturated carbocycles. The van der Waals surface area contributed by atoms with E-state index in [-0.39, 0.29) is 0 Å². The average molecular weight is 208 g/mol. The van der Waals surface area contributed by atoms with Crippen molar-refractivity contribution >= 4 is 0 Å². The highest BCUT2D eigenvalue weighted by Crippen LogP contribution is 2.39. The van der Waals surface area contributed by atoms with Crippen molar-refractivity contribution in [2.45, 2.75) is 57.5 Å². The highest BCUT2D eigenvalue weighted by molar-refractivity contribution is 5.27. The number of furan rings is 1. The molecule has 0 fully saturated rings. The topological polar surface area (TPSA) is 33.4 Å². The molecule has 0 bridgehead atoms. The summed E-state index contributed by atoms with van der Waals surface area (Å²) in [6, 6.07) is 1.94. The van der Waals surface area contributed by atoms with Gasteiger partial charge in [0.25, 0.3) is 0 Å². The van der Waals surface area contributed by atoms with Gasteiger partial charge in [-0.15, -0.1) is 0 Å². The van der Waals surface area contributed by atoms with E-state index in [4.69, 9.17) is 4.42 Å². The van der Waals surface area contributed by atoms with E-state index >= 15 is 0 Å². The van der Waals surface area contributed by atoms with Crippen LogP contribution in [-0.4, -0.2) is 5.11 Å². The Morgan fingerprint density at radius 2 is 2.33 bits per heavy atom. The highest BCUT2D eigenvalue weighted by atomic mass is 16.3. The van der Waals surface area contributed by atoms with Crippen molar-refractivity contribution in [3.63, 3.8) is 0 Å². The van der Waals surface area contributed by atoms with Gasteiger partial charge in [-0.3, -0.25) is 0 Å². The van der Waals surface area contributed by atoms with Crippen LogP contribution in [0.3, 0.4) is 0 Å². The lowest BCUT2D eigenvalue weighted by Gasteiger charge is -2.31. The molecule has 1 unspecified atom stereocenters. The molecular weight excluding hydrogens is 188 g/mol. The third-order valence-corrected chi connectivity index (χ3v) is 3.43.